The van der Waals surface area contributed by atoms with E-state index < -0.39 is 23.7 Å². The zero-order valence-corrected chi connectivity index (χ0v) is 12.6. The standard InChI is InChI=1S/C18H16FNO4/c19-13-5-1-11(2-6-13)9-15(17(21)22)16(18(23)24)10-12-3-7-14(20)8-4-12/h1-9,16H,10,20H2,(H,21,22)(H,23,24). The van der Waals surface area contributed by atoms with Gasteiger partial charge in [0.1, 0.15) is 5.82 Å². The highest BCUT2D eigenvalue weighted by Crippen LogP contribution is 2.22. The number of nitrogen functional groups attached to an aromatic ring is 1. The number of rotatable bonds is 6. The van der Waals surface area contributed by atoms with E-state index in [0.29, 0.717) is 16.8 Å². The number of carbonyl (C=O) groups is 2. The van der Waals surface area contributed by atoms with Crippen molar-refractivity contribution in [2.75, 3.05) is 5.73 Å². The Labute approximate surface area is 137 Å². The molecule has 0 spiro atoms. The van der Waals surface area contributed by atoms with Crippen LogP contribution in [-0.4, -0.2) is 22.2 Å². The first-order valence-corrected chi connectivity index (χ1v) is 7.14. The Kier molecular flexibility index (Phi) is 5.31. The van der Waals surface area contributed by atoms with Crippen LogP contribution < -0.4 is 5.73 Å². The van der Waals surface area contributed by atoms with Crippen LogP contribution in [0, 0.1) is 11.7 Å². The molecule has 0 aliphatic carbocycles. The Balaban J connectivity index is 2.36. The third-order valence-corrected chi connectivity index (χ3v) is 3.53. The lowest BCUT2D eigenvalue weighted by Crippen LogP contribution is -2.23. The van der Waals surface area contributed by atoms with Crippen molar-refractivity contribution >= 4 is 23.7 Å². The molecule has 1 unspecified atom stereocenters. The van der Waals surface area contributed by atoms with Crippen molar-refractivity contribution in [1.29, 1.82) is 0 Å². The second kappa shape index (κ2) is 7.41. The first-order chi connectivity index (χ1) is 11.4. The van der Waals surface area contributed by atoms with Gasteiger partial charge < -0.3 is 15.9 Å². The SMILES string of the molecule is Nc1ccc(CC(C(=O)O)C(=Cc2ccc(F)cc2)C(=O)O)cc1. The third kappa shape index (κ3) is 4.42. The molecule has 5 nitrogen and oxygen atoms in total. The molecule has 0 aliphatic heterocycles. The van der Waals surface area contributed by atoms with Crippen molar-refractivity contribution < 1.29 is 24.2 Å². The number of carboxylic acids is 2. The van der Waals surface area contributed by atoms with Gasteiger partial charge in [0, 0.05) is 5.69 Å². The Morgan fingerprint density at radius 1 is 1.04 bits per heavy atom. The van der Waals surface area contributed by atoms with Gasteiger partial charge in [-0.3, -0.25) is 4.79 Å². The maximum Gasteiger partial charge on any atom is 0.332 e. The lowest BCUT2D eigenvalue weighted by atomic mass is 9.90. The number of aliphatic carboxylic acids is 2. The Bertz CT molecular complexity index is 767. The fourth-order valence-corrected chi connectivity index (χ4v) is 2.27. The van der Waals surface area contributed by atoms with Gasteiger partial charge in [0.25, 0.3) is 0 Å². The fourth-order valence-electron chi connectivity index (χ4n) is 2.27. The van der Waals surface area contributed by atoms with Crippen LogP contribution in [0.25, 0.3) is 6.08 Å². The highest BCUT2D eigenvalue weighted by atomic mass is 19.1. The molecule has 0 saturated carbocycles. The van der Waals surface area contributed by atoms with Gasteiger partial charge in [-0.2, -0.15) is 0 Å². The van der Waals surface area contributed by atoms with Crippen LogP contribution in [0.2, 0.25) is 0 Å². The number of hydrogen-bond acceptors (Lipinski definition) is 3. The van der Waals surface area contributed by atoms with Gasteiger partial charge in [-0.05, 0) is 47.9 Å². The second-order valence-electron chi connectivity index (χ2n) is 5.29. The Morgan fingerprint density at radius 2 is 1.62 bits per heavy atom. The molecule has 0 radical (unpaired) electrons. The van der Waals surface area contributed by atoms with E-state index >= 15 is 0 Å². The third-order valence-electron chi connectivity index (χ3n) is 3.53. The van der Waals surface area contributed by atoms with E-state index in [1.807, 2.05) is 0 Å². The predicted octanol–water partition coefficient (Wildman–Crippen LogP) is 2.82. The molecule has 6 heteroatoms. The molecule has 0 heterocycles. The largest absolute Gasteiger partial charge is 0.481 e. The summed E-state index contributed by atoms with van der Waals surface area (Å²) in [5.41, 5.74) is 6.92. The summed E-state index contributed by atoms with van der Waals surface area (Å²) >= 11 is 0. The van der Waals surface area contributed by atoms with E-state index in [1.54, 1.807) is 24.3 Å². The Hall–Kier alpha value is -3.15. The van der Waals surface area contributed by atoms with Crippen LogP contribution in [0.1, 0.15) is 11.1 Å². The summed E-state index contributed by atoms with van der Waals surface area (Å²) in [6.45, 7) is 0. The van der Waals surface area contributed by atoms with Gasteiger partial charge in [0.2, 0.25) is 0 Å². The number of carboxylic acid groups (broad SMARTS) is 2. The Morgan fingerprint density at radius 3 is 2.12 bits per heavy atom. The highest BCUT2D eigenvalue weighted by Gasteiger charge is 2.27. The summed E-state index contributed by atoms with van der Waals surface area (Å²) in [5.74, 6) is -4.28. The summed E-state index contributed by atoms with van der Waals surface area (Å²) < 4.78 is 12.9. The van der Waals surface area contributed by atoms with Crippen molar-refractivity contribution in [2.24, 2.45) is 5.92 Å². The topological polar surface area (TPSA) is 101 Å². The van der Waals surface area contributed by atoms with Gasteiger partial charge in [-0.1, -0.05) is 24.3 Å². The van der Waals surface area contributed by atoms with Crippen LogP contribution in [-0.2, 0) is 16.0 Å². The zero-order chi connectivity index (χ0) is 17.7. The number of nitrogens with two attached hydrogens (primary N) is 1. The minimum atomic E-state index is -1.33. The van der Waals surface area contributed by atoms with E-state index in [1.165, 1.54) is 30.3 Å². The van der Waals surface area contributed by atoms with Crippen LogP contribution in [0.3, 0.4) is 0 Å². The van der Waals surface area contributed by atoms with E-state index in [-0.39, 0.29) is 12.0 Å². The van der Waals surface area contributed by atoms with Crippen LogP contribution in [0.4, 0.5) is 10.1 Å². The van der Waals surface area contributed by atoms with Gasteiger partial charge in [-0.25, -0.2) is 9.18 Å². The molecule has 2 rings (SSSR count). The molecule has 24 heavy (non-hydrogen) atoms. The number of halogens is 1. The van der Waals surface area contributed by atoms with Crippen molar-refractivity contribution in [1.82, 2.24) is 0 Å². The molecule has 0 amide bonds. The van der Waals surface area contributed by atoms with Crippen LogP contribution in [0.5, 0.6) is 0 Å². The maximum absolute atomic E-state index is 12.9. The lowest BCUT2D eigenvalue weighted by Gasteiger charge is -2.14. The second-order valence-corrected chi connectivity index (χ2v) is 5.29. The highest BCUT2D eigenvalue weighted by molar-refractivity contribution is 5.98. The molecule has 124 valence electrons. The summed E-state index contributed by atoms with van der Waals surface area (Å²) in [6, 6.07) is 11.7. The van der Waals surface area contributed by atoms with Gasteiger partial charge >= 0.3 is 11.9 Å². The van der Waals surface area contributed by atoms with Crippen LogP contribution in [0.15, 0.2) is 54.1 Å². The van der Waals surface area contributed by atoms with E-state index in [9.17, 15) is 24.2 Å². The van der Waals surface area contributed by atoms with Crippen molar-refractivity contribution in [3.8, 4) is 0 Å². The number of benzene rings is 2. The van der Waals surface area contributed by atoms with E-state index in [0.717, 1.165) is 0 Å². The number of hydrogen-bond donors (Lipinski definition) is 3. The van der Waals surface area contributed by atoms with Crippen LogP contribution >= 0.6 is 0 Å². The average Bonchev–Trinajstić information content (AvgIpc) is 2.54. The first kappa shape index (κ1) is 17.2. The van der Waals surface area contributed by atoms with E-state index in [2.05, 4.69) is 0 Å². The molecule has 2 aromatic carbocycles. The zero-order valence-electron chi connectivity index (χ0n) is 12.6. The maximum atomic E-state index is 12.9. The quantitative estimate of drug-likeness (QED) is 0.559. The summed E-state index contributed by atoms with van der Waals surface area (Å²) in [6.07, 6.45) is 1.26. The average molecular weight is 329 g/mol. The summed E-state index contributed by atoms with van der Waals surface area (Å²) in [5, 5.41) is 18.8. The molecule has 4 N–H and O–H groups in total. The molecule has 0 aliphatic rings. The smallest absolute Gasteiger partial charge is 0.332 e. The summed E-state index contributed by atoms with van der Waals surface area (Å²) in [4.78, 5) is 23.1. The van der Waals surface area contributed by atoms with Crippen molar-refractivity contribution in [3.05, 3.63) is 71.0 Å². The molecule has 0 aromatic heterocycles. The molecule has 0 bridgehead atoms. The molecule has 0 fully saturated rings. The molecule has 2 aromatic rings. The van der Waals surface area contributed by atoms with Gasteiger partial charge in [0.05, 0.1) is 11.5 Å². The van der Waals surface area contributed by atoms with Gasteiger partial charge in [-0.15, -0.1) is 0 Å². The predicted molar refractivity (Wildman–Crippen MR) is 87.7 cm³/mol. The minimum absolute atomic E-state index is 0.00887. The minimum Gasteiger partial charge on any atom is -0.481 e. The van der Waals surface area contributed by atoms with E-state index in [4.69, 9.17) is 5.73 Å². The van der Waals surface area contributed by atoms with Crippen molar-refractivity contribution in [2.45, 2.75) is 6.42 Å². The monoisotopic (exact) mass is 329 g/mol. The molecule has 0 saturated heterocycles. The van der Waals surface area contributed by atoms with Crippen molar-refractivity contribution in [3.63, 3.8) is 0 Å². The molecular formula is C18H16FNO4. The van der Waals surface area contributed by atoms with Gasteiger partial charge in [0.15, 0.2) is 0 Å². The molecular weight excluding hydrogens is 313 g/mol. The summed E-state index contributed by atoms with van der Waals surface area (Å²) in [7, 11) is 0. The fraction of sp³-hybridized carbons (Fsp3) is 0.111. The normalized spacial score (nSPS) is 12.6. The first-order valence-electron chi connectivity index (χ1n) is 7.14. The number of anilines is 1. The molecule has 1 atom stereocenters. The lowest BCUT2D eigenvalue weighted by molar-refractivity contribution is -0.143.